The SMILES string of the molecule is CCCC(C)COc1nc(Cl)c(C(=O)OC)s1. The van der Waals surface area contributed by atoms with Crippen molar-refractivity contribution in [3.8, 4) is 5.19 Å². The van der Waals surface area contributed by atoms with Crippen molar-refractivity contribution in [2.24, 2.45) is 5.92 Å². The molecule has 0 aliphatic carbocycles. The lowest BCUT2D eigenvalue weighted by atomic mass is 10.1. The molecule has 17 heavy (non-hydrogen) atoms. The summed E-state index contributed by atoms with van der Waals surface area (Å²) in [5, 5.41) is 0.554. The summed E-state index contributed by atoms with van der Waals surface area (Å²) in [6, 6.07) is 0. The fraction of sp³-hybridized carbons (Fsp3) is 0.636. The van der Waals surface area contributed by atoms with Crippen LogP contribution in [0, 0.1) is 5.92 Å². The monoisotopic (exact) mass is 277 g/mol. The van der Waals surface area contributed by atoms with Gasteiger partial charge in [-0.2, -0.15) is 4.98 Å². The zero-order valence-corrected chi connectivity index (χ0v) is 11.7. The maximum absolute atomic E-state index is 11.3. The van der Waals surface area contributed by atoms with Crippen LogP contribution >= 0.6 is 22.9 Å². The number of hydrogen-bond acceptors (Lipinski definition) is 5. The van der Waals surface area contributed by atoms with Crippen LogP contribution in [0.4, 0.5) is 0 Å². The molecule has 0 aromatic carbocycles. The molecule has 1 atom stereocenters. The lowest BCUT2D eigenvalue weighted by Gasteiger charge is -2.09. The summed E-state index contributed by atoms with van der Waals surface area (Å²) in [5.74, 6) is -0.0202. The van der Waals surface area contributed by atoms with Gasteiger partial charge in [-0.25, -0.2) is 4.79 Å². The van der Waals surface area contributed by atoms with E-state index in [4.69, 9.17) is 16.3 Å². The van der Waals surface area contributed by atoms with Crippen LogP contribution < -0.4 is 4.74 Å². The van der Waals surface area contributed by atoms with E-state index in [-0.39, 0.29) is 10.0 Å². The zero-order valence-electron chi connectivity index (χ0n) is 10.2. The van der Waals surface area contributed by atoms with E-state index < -0.39 is 5.97 Å². The minimum absolute atomic E-state index is 0.139. The second-order valence-electron chi connectivity index (χ2n) is 3.80. The lowest BCUT2D eigenvalue weighted by Crippen LogP contribution is -2.07. The molecule has 0 saturated heterocycles. The Bertz CT molecular complexity index is 381. The molecular formula is C11H16ClNO3S. The molecule has 1 unspecified atom stereocenters. The third-order valence-corrected chi connectivity index (χ3v) is 3.54. The minimum Gasteiger partial charge on any atom is -0.470 e. The highest BCUT2D eigenvalue weighted by Crippen LogP contribution is 2.29. The van der Waals surface area contributed by atoms with Crippen molar-refractivity contribution in [3.63, 3.8) is 0 Å². The third-order valence-electron chi connectivity index (χ3n) is 2.21. The number of carbonyl (C=O) groups is 1. The first-order valence-corrected chi connectivity index (χ1v) is 6.65. The zero-order chi connectivity index (χ0) is 12.8. The molecule has 0 spiro atoms. The van der Waals surface area contributed by atoms with Crippen molar-refractivity contribution in [1.82, 2.24) is 4.98 Å². The molecule has 6 heteroatoms. The molecule has 0 saturated carbocycles. The number of nitrogens with zero attached hydrogens (tertiary/aromatic N) is 1. The van der Waals surface area contributed by atoms with Gasteiger partial charge in [-0.05, 0) is 12.3 Å². The molecule has 0 radical (unpaired) electrons. The van der Waals surface area contributed by atoms with Crippen LogP contribution in [-0.4, -0.2) is 24.7 Å². The predicted molar refractivity (Wildman–Crippen MR) is 68.0 cm³/mol. The number of aromatic nitrogens is 1. The smallest absolute Gasteiger partial charge is 0.351 e. The number of halogens is 1. The number of methoxy groups -OCH3 is 1. The summed E-state index contributed by atoms with van der Waals surface area (Å²) >= 11 is 6.93. The molecule has 1 aromatic heterocycles. The van der Waals surface area contributed by atoms with Gasteiger partial charge in [-0.1, -0.05) is 43.2 Å². The van der Waals surface area contributed by atoms with Crippen LogP contribution in [0.15, 0.2) is 0 Å². The third kappa shape index (κ3) is 4.16. The first-order chi connectivity index (χ1) is 8.08. The summed E-state index contributed by atoms with van der Waals surface area (Å²) in [5.41, 5.74) is 0. The molecule has 0 amide bonds. The van der Waals surface area contributed by atoms with E-state index in [1.807, 2.05) is 0 Å². The first kappa shape index (κ1) is 14.3. The van der Waals surface area contributed by atoms with E-state index in [0.29, 0.717) is 17.7 Å². The Hall–Kier alpha value is -0.810. The van der Waals surface area contributed by atoms with E-state index in [1.165, 1.54) is 7.11 Å². The maximum atomic E-state index is 11.3. The van der Waals surface area contributed by atoms with E-state index >= 15 is 0 Å². The second kappa shape index (κ2) is 6.81. The Morgan fingerprint density at radius 3 is 2.88 bits per heavy atom. The normalized spacial score (nSPS) is 12.2. The van der Waals surface area contributed by atoms with E-state index in [1.54, 1.807) is 0 Å². The molecule has 0 fully saturated rings. The number of ether oxygens (including phenoxy) is 2. The van der Waals surface area contributed by atoms with E-state index in [9.17, 15) is 4.79 Å². The van der Waals surface area contributed by atoms with E-state index in [2.05, 4.69) is 23.6 Å². The molecular weight excluding hydrogens is 262 g/mol. The van der Waals surface area contributed by atoms with Crippen molar-refractivity contribution in [2.75, 3.05) is 13.7 Å². The maximum Gasteiger partial charge on any atom is 0.351 e. The summed E-state index contributed by atoms with van der Waals surface area (Å²) in [6.07, 6.45) is 2.22. The number of carbonyl (C=O) groups excluding carboxylic acids is 1. The quantitative estimate of drug-likeness (QED) is 0.748. The highest BCUT2D eigenvalue weighted by atomic mass is 35.5. The van der Waals surface area contributed by atoms with Crippen LogP contribution in [0.3, 0.4) is 0 Å². The van der Waals surface area contributed by atoms with Gasteiger partial charge >= 0.3 is 5.97 Å². The van der Waals surface area contributed by atoms with Gasteiger partial charge in [-0.15, -0.1) is 0 Å². The Labute approximate surface area is 110 Å². The van der Waals surface area contributed by atoms with Gasteiger partial charge in [0.2, 0.25) is 0 Å². The van der Waals surface area contributed by atoms with Gasteiger partial charge < -0.3 is 9.47 Å². The second-order valence-corrected chi connectivity index (χ2v) is 5.12. The van der Waals surface area contributed by atoms with Crippen molar-refractivity contribution in [2.45, 2.75) is 26.7 Å². The van der Waals surface area contributed by atoms with Crippen molar-refractivity contribution >= 4 is 28.9 Å². The lowest BCUT2D eigenvalue weighted by molar-refractivity contribution is 0.0606. The summed E-state index contributed by atoms with van der Waals surface area (Å²) in [6.45, 7) is 4.82. The van der Waals surface area contributed by atoms with Crippen LogP contribution in [0.25, 0.3) is 0 Å². The van der Waals surface area contributed by atoms with Gasteiger partial charge in [-0.3, -0.25) is 0 Å². The standard InChI is InChI=1S/C11H16ClNO3S/c1-4-5-7(2)6-16-11-13-9(12)8(17-11)10(14)15-3/h7H,4-6H2,1-3H3. The van der Waals surface area contributed by atoms with Gasteiger partial charge in [0.1, 0.15) is 0 Å². The number of hydrogen-bond donors (Lipinski definition) is 0. The molecule has 0 aliphatic rings. The van der Waals surface area contributed by atoms with Crippen LogP contribution in [0.5, 0.6) is 5.19 Å². The number of esters is 1. The van der Waals surface area contributed by atoms with Crippen LogP contribution in [0.1, 0.15) is 36.4 Å². The largest absolute Gasteiger partial charge is 0.470 e. The Kier molecular flexibility index (Phi) is 5.71. The molecule has 1 rings (SSSR count). The van der Waals surface area contributed by atoms with Crippen molar-refractivity contribution in [3.05, 3.63) is 10.0 Å². The summed E-state index contributed by atoms with van der Waals surface area (Å²) in [7, 11) is 1.31. The number of rotatable bonds is 6. The van der Waals surface area contributed by atoms with Crippen LogP contribution in [-0.2, 0) is 4.74 Å². The molecule has 1 heterocycles. The van der Waals surface area contributed by atoms with Crippen molar-refractivity contribution < 1.29 is 14.3 Å². The van der Waals surface area contributed by atoms with Gasteiger partial charge in [0.15, 0.2) is 10.0 Å². The topological polar surface area (TPSA) is 48.4 Å². The Balaban J connectivity index is 2.58. The van der Waals surface area contributed by atoms with Gasteiger partial charge in [0, 0.05) is 0 Å². The molecule has 96 valence electrons. The molecule has 0 N–H and O–H groups in total. The summed E-state index contributed by atoms with van der Waals surface area (Å²) in [4.78, 5) is 15.6. The molecule has 1 aromatic rings. The van der Waals surface area contributed by atoms with Gasteiger partial charge in [0.25, 0.3) is 5.19 Å². The minimum atomic E-state index is -0.482. The average molecular weight is 278 g/mol. The van der Waals surface area contributed by atoms with Crippen LogP contribution in [0.2, 0.25) is 5.15 Å². The summed E-state index contributed by atoms with van der Waals surface area (Å²) < 4.78 is 10.1. The average Bonchev–Trinajstić information content (AvgIpc) is 2.67. The Morgan fingerprint density at radius 1 is 1.59 bits per heavy atom. The Morgan fingerprint density at radius 2 is 2.29 bits per heavy atom. The predicted octanol–water partition coefficient (Wildman–Crippen LogP) is 3.40. The highest BCUT2D eigenvalue weighted by Gasteiger charge is 2.18. The molecule has 0 aliphatic heterocycles. The van der Waals surface area contributed by atoms with Crippen molar-refractivity contribution in [1.29, 1.82) is 0 Å². The van der Waals surface area contributed by atoms with E-state index in [0.717, 1.165) is 24.2 Å². The van der Waals surface area contributed by atoms with Gasteiger partial charge in [0.05, 0.1) is 13.7 Å². The fourth-order valence-electron chi connectivity index (χ4n) is 1.35. The molecule has 4 nitrogen and oxygen atoms in total. The highest BCUT2D eigenvalue weighted by molar-refractivity contribution is 7.15. The first-order valence-electron chi connectivity index (χ1n) is 5.45. The molecule has 0 bridgehead atoms. The fourth-order valence-corrected chi connectivity index (χ4v) is 2.41. The number of thiazole rings is 1.